The Morgan fingerprint density at radius 3 is 1.86 bits per heavy atom. The van der Waals surface area contributed by atoms with Crippen LogP contribution in [0.25, 0.3) is 21.9 Å². The highest BCUT2D eigenvalue weighted by Gasteiger charge is 2.31. The predicted octanol–water partition coefficient (Wildman–Crippen LogP) is 4.58. The number of rotatable bonds is 5. The van der Waals surface area contributed by atoms with Crippen LogP contribution in [0.15, 0.2) is 48.5 Å². The lowest BCUT2D eigenvalue weighted by molar-refractivity contribution is 0.261. The smallest absolute Gasteiger partial charge is 0.0789 e. The molecule has 3 aromatic rings. The van der Waals surface area contributed by atoms with E-state index in [0.29, 0.717) is 0 Å². The molecule has 3 aromatic carbocycles. The molecule has 2 nitrogen and oxygen atoms in total. The highest BCUT2D eigenvalue weighted by molar-refractivity contribution is 6.91. The lowest BCUT2D eigenvalue weighted by atomic mass is 9.95. The number of hydrogen-bond acceptors (Lipinski definition) is 2. The highest BCUT2D eigenvalue weighted by atomic mass is 28.3. The summed E-state index contributed by atoms with van der Waals surface area (Å²) in [4.78, 5) is 0. The van der Waals surface area contributed by atoms with Gasteiger partial charge in [0.25, 0.3) is 0 Å². The molecule has 148 valence electrons. The zero-order chi connectivity index (χ0) is 20.7. The molecule has 2 N–H and O–H groups in total. The maximum Gasteiger partial charge on any atom is 0.0789 e. The number of fused-ring (bicyclic) bond motifs is 1. The Morgan fingerprint density at radius 2 is 1.29 bits per heavy atom. The van der Waals surface area contributed by atoms with E-state index in [-0.39, 0.29) is 13.2 Å². The second-order valence-corrected chi connectivity index (χ2v) is 19.7. The van der Waals surface area contributed by atoms with E-state index in [1.54, 1.807) is 0 Å². The summed E-state index contributed by atoms with van der Waals surface area (Å²) in [6, 6.07) is 17.3. The maximum atomic E-state index is 10.4. The van der Waals surface area contributed by atoms with Gasteiger partial charge in [-0.25, -0.2) is 0 Å². The van der Waals surface area contributed by atoms with Crippen molar-refractivity contribution in [2.24, 2.45) is 0 Å². The Balaban J connectivity index is 2.52. The molecule has 0 fully saturated rings. The molecule has 0 saturated carbocycles. The van der Waals surface area contributed by atoms with Gasteiger partial charge in [0.05, 0.1) is 29.4 Å². The van der Waals surface area contributed by atoms with Crippen molar-refractivity contribution in [2.75, 3.05) is 0 Å². The fraction of sp³-hybridized carbons (Fsp3) is 0.333. The number of hydrogen-bond donors (Lipinski definition) is 2. The second-order valence-electron chi connectivity index (χ2n) is 9.65. The van der Waals surface area contributed by atoms with Gasteiger partial charge in [-0.1, -0.05) is 93.0 Å². The molecule has 3 rings (SSSR count). The third-order valence-corrected chi connectivity index (χ3v) is 9.64. The summed E-state index contributed by atoms with van der Waals surface area (Å²) < 4.78 is 0. The highest BCUT2D eigenvalue weighted by Crippen LogP contribution is 2.31. The number of aliphatic hydroxyl groups excluding tert-OH is 2. The minimum Gasteiger partial charge on any atom is -0.392 e. The Morgan fingerprint density at radius 1 is 0.679 bits per heavy atom. The maximum absolute atomic E-state index is 10.4. The van der Waals surface area contributed by atoms with E-state index < -0.39 is 16.1 Å². The van der Waals surface area contributed by atoms with Gasteiger partial charge in [-0.2, -0.15) is 0 Å². The third kappa shape index (κ3) is 3.74. The molecule has 0 saturated heterocycles. The monoisotopic (exact) mass is 408 g/mol. The van der Waals surface area contributed by atoms with Gasteiger partial charge in [-0.15, -0.1) is 0 Å². The molecular formula is C24H32O2Si2. The molecule has 0 atom stereocenters. The molecule has 0 bridgehead atoms. The summed E-state index contributed by atoms with van der Waals surface area (Å²) in [5.74, 6) is 0. The van der Waals surface area contributed by atoms with Crippen molar-refractivity contribution in [3.05, 3.63) is 59.7 Å². The SMILES string of the molecule is C[Si](C)(C)c1cc(-c2cccc3ccccc23)c([Si](C)(C)C)c(CO)c1CO. The Labute approximate surface area is 170 Å². The largest absolute Gasteiger partial charge is 0.392 e. The Hall–Kier alpha value is -1.73. The Kier molecular flexibility index (Phi) is 5.70. The predicted molar refractivity (Wildman–Crippen MR) is 127 cm³/mol. The summed E-state index contributed by atoms with van der Waals surface area (Å²) in [6.07, 6.45) is 0. The van der Waals surface area contributed by atoms with Crippen molar-refractivity contribution in [2.45, 2.75) is 52.5 Å². The molecule has 0 aliphatic carbocycles. The quantitative estimate of drug-likeness (QED) is 0.607. The topological polar surface area (TPSA) is 40.5 Å². The standard InChI is InChI=1S/C24H32O2Si2/c1-27(2,3)23-14-20(19-13-9-11-17-10-7-8-12-18(17)19)24(28(4,5)6)22(16-26)21(23)15-25/h7-14,25-26H,15-16H2,1-6H3. The van der Waals surface area contributed by atoms with E-state index in [9.17, 15) is 10.2 Å². The first-order chi connectivity index (χ1) is 13.1. The molecule has 0 aliphatic rings. The van der Waals surface area contributed by atoms with Crippen molar-refractivity contribution in [1.29, 1.82) is 0 Å². The summed E-state index contributed by atoms with van der Waals surface area (Å²) >= 11 is 0. The van der Waals surface area contributed by atoms with Gasteiger partial charge in [0.2, 0.25) is 0 Å². The van der Waals surface area contributed by atoms with Gasteiger partial charge in [-0.05, 0) is 38.2 Å². The summed E-state index contributed by atoms with van der Waals surface area (Å²) in [5.41, 5.74) is 4.40. The minimum absolute atomic E-state index is 0.0111. The first kappa shape index (κ1) is 21.0. The van der Waals surface area contributed by atoms with E-state index >= 15 is 0 Å². The van der Waals surface area contributed by atoms with Crippen LogP contribution in [0, 0.1) is 0 Å². The molecule has 28 heavy (non-hydrogen) atoms. The lowest BCUT2D eigenvalue weighted by Gasteiger charge is -2.31. The van der Waals surface area contributed by atoms with Crippen LogP contribution in [-0.4, -0.2) is 26.4 Å². The van der Waals surface area contributed by atoms with Crippen LogP contribution in [-0.2, 0) is 13.2 Å². The zero-order valence-electron chi connectivity index (χ0n) is 17.9. The molecule has 4 heteroatoms. The molecule has 0 radical (unpaired) electrons. The van der Waals surface area contributed by atoms with Crippen LogP contribution >= 0.6 is 0 Å². The minimum atomic E-state index is -1.80. The molecule has 0 spiro atoms. The molecular weight excluding hydrogens is 376 g/mol. The molecule has 0 amide bonds. The van der Waals surface area contributed by atoms with Crippen LogP contribution in [0.3, 0.4) is 0 Å². The third-order valence-electron chi connectivity index (χ3n) is 5.50. The van der Waals surface area contributed by atoms with E-state index in [4.69, 9.17) is 0 Å². The first-order valence-electron chi connectivity index (χ1n) is 9.99. The van der Waals surface area contributed by atoms with Gasteiger partial charge in [0.1, 0.15) is 0 Å². The summed E-state index contributed by atoms with van der Waals surface area (Å²) in [7, 11) is -3.51. The summed E-state index contributed by atoms with van der Waals surface area (Å²) in [6.45, 7) is 13.9. The van der Waals surface area contributed by atoms with Gasteiger partial charge < -0.3 is 10.2 Å². The first-order valence-corrected chi connectivity index (χ1v) is 17.0. The van der Waals surface area contributed by atoms with Crippen LogP contribution in [0.5, 0.6) is 0 Å². The second kappa shape index (κ2) is 7.60. The summed E-state index contributed by atoms with van der Waals surface area (Å²) in [5, 5.41) is 25.6. The van der Waals surface area contributed by atoms with Gasteiger partial charge >= 0.3 is 0 Å². The van der Waals surface area contributed by atoms with Crippen molar-refractivity contribution in [1.82, 2.24) is 0 Å². The van der Waals surface area contributed by atoms with Crippen molar-refractivity contribution >= 4 is 37.3 Å². The van der Waals surface area contributed by atoms with Crippen LogP contribution < -0.4 is 10.4 Å². The average molecular weight is 409 g/mol. The van der Waals surface area contributed by atoms with Gasteiger partial charge in [-0.3, -0.25) is 0 Å². The van der Waals surface area contributed by atoms with Crippen molar-refractivity contribution < 1.29 is 10.2 Å². The molecule has 0 heterocycles. The van der Waals surface area contributed by atoms with Crippen molar-refractivity contribution in [3.63, 3.8) is 0 Å². The number of aliphatic hydroxyl groups is 2. The molecule has 0 aliphatic heterocycles. The molecule has 0 unspecified atom stereocenters. The van der Waals surface area contributed by atoms with Crippen LogP contribution in [0.4, 0.5) is 0 Å². The fourth-order valence-corrected chi connectivity index (χ4v) is 8.20. The van der Waals surface area contributed by atoms with Gasteiger partial charge in [0, 0.05) is 0 Å². The van der Waals surface area contributed by atoms with E-state index in [2.05, 4.69) is 87.8 Å². The van der Waals surface area contributed by atoms with E-state index in [0.717, 1.165) is 11.1 Å². The number of benzene rings is 3. The van der Waals surface area contributed by atoms with Crippen LogP contribution in [0.1, 0.15) is 11.1 Å². The van der Waals surface area contributed by atoms with Crippen molar-refractivity contribution in [3.8, 4) is 11.1 Å². The molecule has 0 aromatic heterocycles. The fourth-order valence-electron chi connectivity index (χ4n) is 4.33. The van der Waals surface area contributed by atoms with E-state index in [1.807, 2.05) is 0 Å². The van der Waals surface area contributed by atoms with Gasteiger partial charge in [0.15, 0.2) is 0 Å². The Bertz CT molecular complexity index is 1010. The van der Waals surface area contributed by atoms with E-state index in [1.165, 1.54) is 32.3 Å². The normalized spacial score (nSPS) is 12.6. The zero-order valence-corrected chi connectivity index (χ0v) is 19.9. The van der Waals surface area contributed by atoms with Crippen LogP contribution in [0.2, 0.25) is 39.3 Å². The lowest BCUT2D eigenvalue weighted by Crippen LogP contribution is -2.48. The average Bonchev–Trinajstić information content (AvgIpc) is 2.64.